The number of rotatable bonds is 3. The minimum absolute atomic E-state index is 0.0936. The van der Waals surface area contributed by atoms with Crippen molar-refractivity contribution in [1.29, 1.82) is 0 Å². The molecule has 0 amide bonds. The Bertz CT molecular complexity index is 648. The van der Waals surface area contributed by atoms with Crippen LogP contribution in [0.3, 0.4) is 0 Å². The predicted octanol–water partition coefficient (Wildman–Crippen LogP) is 1.49. The molecule has 0 bridgehead atoms. The average molecular weight is 300 g/mol. The Morgan fingerprint density at radius 1 is 1.23 bits per heavy atom. The number of nitrogens with zero attached hydrogens (tertiary/aromatic N) is 6. The molecule has 2 aromatic heterocycles. The van der Waals surface area contributed by atoms with Crippen LogP contribution >= 0.6 is 0 Å². The maximum Gasteiger partial charge on any atom is 0.305 e. The van der Waals surface area contributed by atoms with Gasteiger partial charge < -0.3 is 9.80 Å². The van der Waals surface area contributed by atoms with E-state index >= 15 is 0 Å². The van der Waals surface area contributed by atoms with Crippen LogP contribution in [0, 0.1) is 10.1 Å². The number of aromatic nitrogens is 3. The molecule has 0 aliphatic carbocycles. The third-order valence-electron chi connectivity index (χ3n) is 3.69. The first kappa shape index (κ1) is 14.2. The van der Waals surface area contributed by atoms with Gasteiger partial charge in [0.2, 0.25) is 5.95 Å². The first-order chi connectivity index (χ1) is 10.6. The summed E-state index contributed by atoms with van der Waals surface area (Å²) in [5.41, 5.74) is -0.0936. The van der Waals surface area contributed by atoms with Gasteiger partial charge in [0.05, 0.1) is 4.92 Å². The van der Waals surface area contributed by atoms with Crippen LogP contribution in [0.1, 0.15) is 6.92 Å². The number of hydrogen-bond donors (Lipinski definition) is 0. The molecule has 1 aliphatic heterocycles. The number of nitro groups is 1. The molecular formula is C14H16N6O2. The van der Waals surface area contributed by atoms with E-state index in [1.54, 1.807) is 6.20 Å². The Labute approximate surface area is 127 Å². The number of piperazine rings is 1. The summed E-state index contributed by atoms with van der Waals surface area (Å²) in [4.78, 5) is 27.0. The van der Waals surface area contributed by atoms with Crippen molar-refractivity contribution in [3.63, 3.8) is 0 Å². The number of anilines is 2. The van der Waals surface area contributed by atoms with Crippen molar-refractivity contribution < 1.29 is 4.92 Å². The lowest BCUT2D eigenvalue weighted by atomic mass is 10.2. The Morgan fingerprint density at radius 2 is 2.00 bits per heavy atom. The summed E-state index contributed by atoms with van der Waals surface area (Å²) >= 11 is 0. The lowest BCUT2D eigenvalue weighted by Crippen LogP contribution is -2.52. The second kappa shape index (κ2) is 5.92. The van der Waals surface area contributed by atoms with Gasteiger partial charge in [-0.25, -0.2) is 15.0 Å². The van der Waals surface area contributed by atoms with E-state index in [1.807, 2.05) is 23.1 Å². The van der Waals surface area contributed by atoms with Crippen LogP contribution in [-0.4, -0.2) is 45.6 Å². The topological polar surface area (TPSA) is 88.3 Å². The highest BCUT2D eigenvalue weighted by atomic mass is 16.6. The molecule has 8 heteroatoms. The van der Waals surface area contributed by atoms with Crippen molar-refractivity contribution in [1.82, 2.24) is 15.0 Å². The fourth-order valence-electron chi connectivity index (χ4n) is 2.58. The highest BCUT2D eigenvalue weighted by Gasteiger charge is 2.26. The van der Waals surface area contributed by atoms with E-state index in [9.17, 15) is 10.1 Å². The van der Waals surface area contributed by atoms with Crippen LogP contribution in [0.2, 0.25) is 0 Å². The van der Waals surface area contributed by atoms with Crippen LogP contribution in [0.4, 0.5) is 17.5 Å². The van der Waals surface area contributed by atoms with E-state index in [4.69, 9.17) is 0 Å². The zero-order chi connectivity index (χ0) is 15.5. The molecule has 0 N–H and O–H groups in total. The molecule has 0 radical (unpaired) electrons. The molecule has 8 nitrogen and oxygen atoms in total. The summed E-state index contributed by atoms with van der Waals surface area (Å²) in [7, 11) is 0. The molecule has 1 aliphatic rings. The average Bonchev–Trinajstić information content (AvgIpc) is 2.55. The minimum Gasteiger partial charge on any atom is -0.350 e. The van der Waals surface area contributed by atoms with Gasteiger partial charge in [-0.15, -0.1) is 0 Å². The maximum atomic E-state index is 10.6. The van der Waals surface area contributed by atoms with Gasteiger partial charge in [0.1, 0.15) is 18.2 Å². The smallest absolute Gasteiger partial charge is 0.305 e. The van der Waals surface area contributed by atoms with Gasteiger partial charge in [0.25, 0.3) is 0 Å². The van der Waals surface area contributed by atoms with E-state index in [2.05, 4.69) is 26.8 Å². The minimum atomic E-state index is -0.495. The lowest BCUT2D eigenvalue weighted by molar-refractivity contribution is -0.385. The van der Waals surface area contributed by atoms with Crippen molar-refractivity contribution >= 4 is 17.5 Å². The summed E-state index contributed by atoms with van der Waals surface area (Å²) in [6.45, 7) is 4.41. The summed E-state index contributed by atoms with van der Waals surface area (Å²) in [5.74, 6) is 1.48. The third-order valence-corrected chi connectivity index (χ3v) is 3.69. The molecule has 0 unspecified atom stereocenters. The Morgan fingerprint density at radius 3 is 2.59 bits per heavy atom. The third kappa shape index (κ3) is 2.80. The van der Waals surface area contributed by atoms with Gasteiger partial charge in [-0.3, -0.25) is 10.1 Å². The molecule has 0 aromatic carbocycles. The zero-order valence-electron chi connectivity index (χ0n) is 12.2. The molecule has 22 heavy (non-hydrogen) atoms. The van der Waals surface area contributed by atoms with Crippen LogP contribution in [0.5, 0.6) is 0 Å². The zero-order valence-corrected chi connectivity index (χ0v) is 12.2. The van der Waals surface area contributed by atoms with E-state index in [1.165, 1.54) is 12.4 Å². The Hall–Kier alpha value is -2.77. The van der Waals surface area contributed by atoms with Crippen molar-refractivity contribution in [2.24, 2.45) is 0 Å². The largest absolute Gasteiger partial charge is 0.350 e. The van der Waals surface area contributed by atoms with Gasteiger partial charge in [-0.2, -0.15) is 0 Å². The van der Waals surface area contributed by atoms with Crippen LogP contribution in [0.15, 0.2) is 36.8 Å². The molecule has 2 aromatic rings. The quantitative estimate of drug-likeness (QED) is 0.626. The highest BCUT2D eigenvalue weighted by Crippen LogP contribution is 2.20. The second-order valence-corrected chi connectivity index (χ2v) is 5.17. The van der Waals surface area contributed by atoms with Gasteiger partial charge in [-0.1, -0.05) is 6.07 Å². The lowest BCUT2D eigenvalue weighted by Gasteiger charge is -2.40. The van der Waals surface area contributed by atoms with Crippen LogP contribution < -0.4 is 9.80 Å². The van der Waals surface area contributed by atoms with Crippen LogP contribution in [-0.2, 0) is 0 Å². The van der Waals surface area contributed by atoms with Gasteiger partial charge in [-0.05, 0) is 19.1 Å². The van der Waals surface area contributed by atoms with Gasteiger partial charge in [0.15, 0.2) is 0 Å². The first-order valence-electron chi connectivity index (χ1n) is 7.04. The van der Waals surface area contributed by atoms with Crippen molar-refractivity contribution in [3.8, 4) is 0 Å². The second-order valence-electron chi connectivity index (χ2n) is 5.17. The number of hydrogen-bond acceptors (Lipinski definition) is 7. The Balaban J connectivity index is 1.71. The SMILES string of the molecule is C[C@@H]1CN(c2ncc([N+](=O)[O-])cn2)CCN1c1ccccn1. The normalized spacial score (nSPS) is 18.3. The standard InChI is InChI=1S/C14H16N6O2/c1-11-10-18(14-16-8-12(9-17-14)20(21)22)6-7-19(11)13-4-2-3-5-15-13/h2-5,8-9,11H,6-7,10H2,1H3/t11-/m1/s1. The molecule has 3 heterocycles. The number of pyridine rings is 1. The summed E-state index contributed by atoms with van der Waals surface area (Å²) in [5, 5.41) is 10.6. The highest BCUT2D eigenvalue weighted by molar-refractivity contribution is 5.44. The van der Waals surface area contributed by atoms with E-state index in [0.717, 1.165) is 25.5 Å². The molecule has 114 valence electrons. The molecule has 0 spiro atoms. The fourth-order valence-corrected chi connectivity index (χ4v) is 2.58. The van der Waals surface area contributed by atoms with E-state index < -0.39 is 4.92 Å². The maximum absolute atomic E-state index is 10.6. The molecule has 0 saturated carbocycles. The molecule has 1 atom stereocenters. The van der Waals surface area contributed by atoms with Crippen molar-refractivity contribution in [2.75, 3.05) is 29.4 Å². The summed E-state index contributed by atoms with van der Waals surface area (Å²) in [6, 6.07) is 6.12. The summed E-state index contributed by atoms with van der Waals surface area (Å²) in [6.07, 6.45) is 4.28. The fraction of sp³-hybridized carbons (Fsp3) is 0.357. The van der Waals surface area contributed by atoms with Crippen LogP contribution in [0.25, 0.3) is 0 Å². The van der Waals surface area contributed by atoms with Gasteiger partial charge >= 0.3 is 5.69 Å². The van der Waals surface area contributed by atoms with Gasteiger partial charge in [0, 0.05) is 31.9 Å². The van der Waals surface area contributed by atoms with E-state index in [-0.39, 0.29) is 11.7 Å². The van der Waals surface area contributed by atoms with Crippen molar-refractivity contribution in [3.05, 3.63) is 46.9 Å². The van der Waals surface area contributed by atoms with E-state index in [0.29, 0.717) is 5.95 Å². The van der Waals surface area contributed by atoms with Crippen molar-refractivity contribution in [2.45, 2.75) is 13.0 Å². The predicted molar refractivity (Wildman–Crippen MR) is 81.9 cm³/mol. The first-order valence-corrected chi connectivity index (χ1v) is 7.04. The Kier molecular flexibility index (Phi) is 3.82. The monoisotopic (exact) mass is 300 g/mol. The molecule has 1 fully saturated rings. The molecule has 3 rings (SSSR count). The molecular weight excluding hydrogens is 284 g/mol. The summed E-state index contributed by atoms with van der Waals surface area (Å²) < 4.78 is 0. The molecule has 1 saturated heterocycles.